The topological polar surface area (TPSA) is 79.6 Å². The fourth-order valence-electron chi connectivity index (χ4n) is 4.20. The van der Waals surface area contributed by atoms with Crippen molar-refractivity contribution >= 4 is 33.6 Å². The van der Waals surface area contributed by atoms with Gasteiger partial charge in [-0.2, -0.15) is 5.10 Å². The molecule has 0 aliphatic heterocycles. The average molecular weight is 439 g/mol. The summed E-state index contributed by atoms with van der Waals surface area (Å²) in [5.74, 6) is 1.98. The maximum absolute atomic E-state index is 9.87. The Bertz CT molecular complexity index is 1110. The van der Waals surface area contributed by atoms with Crippen LogP contribution in [0.15, 0.2) is 29.6 Å². The summed E-state index contributed by atoms with van der Waals surface area (Å²) in [4.78, 5) is 11.5. The first-order chi connectivity index (χ1) is 14.9. The monoisotopic (exact) mass is 438 g/mol. The van der Waals surface area contributed by atoms with Crippen LogP contribution >= 0.6 is 11.3 Å². The maximum atomic E-state index is 9.87. The number of benzene rings is 1. The fraction of sp³-hybridized carbons (Fsp3) is 0.458. The molecule has 0 saturated carbocycles. The van der Waals surface area contributed by atoms with Gasteiger partial charge in [0, 0.05) is 4.88 Å². The second kappa shape index (κ2) is 8.83. The largest absolute Gasteiger partial charge is 0.504 e. The molecular formula is C24H30N4O2S. The summed E-state index contributed by atoms with van der Waals surface area (Å²) in [7, 11) is 0. The Labute approximate surface area is 187 Å². The smallest absolute Gasteiger partial charge is 0.161 e. The van der Waals surface area contributed by atoms with Crippen molar-refractivity contribution < 1.29 is 9.84 Å². The number of nitrogens with zero attached hydrogens (tertiary/aromatic N) is 3. The van der Waals surface area contributed by atoms with Gasteiger partial charge >= 0.3 is 0 Å². The summed E-state index contributed by atoms with van der Waals surface area (Å²) in [6.07, 6.45) is 7.90. The summed E-state index contributed by atoms with van der Waals surface area (Å²) in [5.41, 5.74) is 5.67. The van der Waals surface area contributed by atoms with Gasteiger partial charge in [-0.3, -0.25) is 5.43 Å². The molecule has 0 radical (unpaired) electrons. The van der Waals surface area contributed by atoms with Gasteiger partial charge in [-0.05, 0) is 66.8 Å². The molecule has 1 aromatic carbocycles. The molecule has 0 unspecified atom stereocenters. The van der Waals surface area contributed by atoms with Crippen LogP contribution in [0.25, 0.3) is 10.2 Å². The molecule has 31 heavy (non-hydrogen) atoms. The minimum atomic E-state index is 0.124. The van der Waals surface area contributed by atoms with Crippen molar-refractivity contribution in [1.29, 1.82) is 0 Å². The second-order valence-electron chi connectivity index (χ2n) is 8.72. The molecule has 1 aliphatic carbocycles. The van der Waals surface area contributed by atoms with E-state index in [1.54, 1.807) is 42.1 Å². The number of hydrazone groups is 1. The molecule has 0 saturated heterocycles. The minimum absolute atomic E-state index is 0.124. The van der Waals surface area contributed by atoms with E-state index in [2.05, 4.69) is 41.3 Å². The van der Waals surface area contributed by atoms with Crippen LogP contribution in [0.5, 0.6) is 11.5 Å². The molecule has 6 nitrogen and oxygen atoms in total. The Morgan fingerprint density at radius 2 is 2.16 bits per heavy atom. The average Bonchev–Trinajstić information content (AvgIpc) is 3.15. The highest BCUT2D eigenvalue weighted by atomic mass is 32.1. The maximum Gasteiger partial charge on any atom is 0.161 e. The first-order valence-electron chi connectivity index (χ1n) is 10.9. The van der Waals surface area contributed by atoms with E-state index in [1.807, 2.05) is 6.92 Å². The fourth-order valence-corrected chi connectivity index (χ4v) is 5.38. The Morgan fingerprint density at radius 3 is 2.94 bits per heavy atom. The Morgan fingerprint density at radius 1 is 1.32 bits per heavy atom. The van der Waals surface area contributed by atoms with Crippen LogP contribution < -0.4 is 10.2 Å². The van der Waals surface area contributed by atoms with Gasteiger partial charge in [0.05, 0.1) is 18.2 Å². The summed E-state index contributed by atoms with van der Waals surface area (Å²) in [6.45, 7) is 9.42. The summed E-state index contributed by atoms with van der Waals surface area (Å²) in [5, 5.41) is 15.4. The number of hydrogen-bond donors (Lipinski definition) is 2. The molecule has 2 N–H and O–H groups in total. The van der Waals surface area contributed by atoms with Gasteiger partial charge in [0.25, 0.3) is 0 Å². The summed E-state index contributed by atoms with van der Waals surface area (Å²) < 4.78 is 5.45. The number of fused-ring (bicyclic) bond motifs is 3. The SMILES string of the molecule is CCOc1cc(/C=N\Nc2ncnc3sc4c(c23)C[C@H](C(C)(C)CC)CC4)ccc1O. The number of aromatic nitrogens is 2. The van der Waals surface area contributed by atoms with E-state index in [-0.39, 0.29) is 5.75 Å². The van der Waals surface area contributed by atoms with Crippen molar-refractivity contribution in [2.24, 2.45) is 16.4 Å². The lowest BCUT2D eigenvalue weighted by Crippen LogP contribution is -2.28. The first-order valence-corrected chi connectivity index (χ1v) is 11.7. The summed E-state index contributed by atoms with van der Waals surface area (Å²) >= 11 is 1.79. The predicted octanol–water partition coefficient (Wildman–Crippen LogP) is 5.78. The van der Waals surface area contributed by atoms with Crippen molar-refractivity contribution in [3.8, 4) is 11.5 Å². The first kappa shape index (κ1) is 21.6. The lowest BCUT2D eigenvalue weighted by atomic mass is 9.69. The lowest BCUT2D eigenvalue weighted by Gasteiger charge is -2.36. The van der Waals surface area contributed by atoms with E-state index in [0.717, 1.165) is 34.4 Å². The predicted molar refractivity (Wildman–Crippen MR) is 127 cm³/mol. The highest BCUT2D eigenvalue weighted by Gasteiger charge is 2.33. The zero-order chi connectivity index (χ0) is 22.0. The van der Waals surface area contributed by atoms with Gasteiger partial charge < -0.3 is 9.84 Å². The molecule has 0 spiro atoms. The number of ether oxygens (including phenoxy) is 1. The Hall–Kier alpha value is -2.67. The zero-order valence-electron chi connectivity index (χ0n) is 18.6. The molecule has 2 heterocycles. The van der Waals surface area contributed by atoms with Crippen LogP contribution in [0.3, 0.4) is 0 Å². The van der Waals surface area contributed by atoms with Gasteiger partial charge in [0.15, 0.2) is 17.3 Å². The standard InChI is InChI=1S/C24H30N4O2S/c1-5-24(3,4)16-8-10-20-17(12-16)21-22(25-14-26-23(21)31-20)28-27-13-15-7-9-18(29)19(11-15)30-6-2/h7,9,11,13-14,16,29H,5-6,8,10,12H2,1-4H3,(H,25,26,28)/b27-13-/t16-/m1/s1. The second-order valence-corrected chi connectivity index (χ2v) is 9.80. The number of anilines is 1. The van der Waals surface area contributed by atoms with Gasteiger partial charge in [-0.1, -0.05) is 27.2 Å². The number of thiophene rings is 1. The number of nitrogens with one attached hydrogen (secondary N) is 1. The summed E-state index contributed by atoms with van der Waals surface area (Å²) in [6, 6.07) is 5.17. The molecule has 1 aliphatic rings. The van der Waals surface area contributed by atoms with Gasteiger partial charge in [0.2, 0.25) is 0 Å². The molecule has 4 rings (SSSR count). The third-order valence-corrected chi connectivity index (χ3v) is 7.73. The van der Waals surface area contributed by atoms with E-state index < -0.39 is 0 Å². The highest BCUT2D eigenvalue weighted by molar-refractivity contribution is 7.19. The van der Waals surface area contributed by atoms with Crippen molar-refractivity contribution in [3.63, 3.8) is 0 Å². The van der Waals surface area contributed by atoms with Crippen LogP contribution in [0.2, 0.25) is 0 Å². The van der Waals surface area contributed by atoms with Crippen molar-refractivity contribution in [3.05, 3.63) is 40.5 Å². The molecule has 164 valence electrons. The number of phenolic OH excluding ortho intramolecular Hbond substituents is 1. The van der Waals surface area contributed by atoms with Gasteiger partial charge in [-0.15, -0.1) is 11.3 Å². The lowest BCUT2D eigenvalue weighted by molar-refractivity contribution is 0.184. The van der Waals surface area contributed by atoms with Gasteiger partial charge in [-0.25, -0.2) is 9.97 Å². The minimum Gasteiger partial charge on any atom is -0.504 e. The molecule has 1 atom stereocenters. The number of aromatic hydroxyl groups is 1. The van der Waals surface area contributed by atoms with Crippen LogP contribution in [-0.4, -0.2) is 27.9 Å². The van der Waals surface area contributed by atoms with Crippen LogP contribution in [0.1, 0.15) is 56.5 Å². The zero-order valence-corrected chi connectivity index (χ0v) is 19.4. The van der Waals surface area contributed by atoms with E-state index in [9.17, 15) is 5.11 Å². The van der Waals surface area contributed by atoms with Crippen LogP contribution in [-0.2, 0) is 12.8 Å². The van der Waals surface area contributed by atoms with E-state index >= 15 is 0 Å². The van der Waals surface area contributed by atoms with E-state index in [1.165, 1.54) is 23.3 Å². The van der Waals surface area contributed by atoms with Crippen molar-refractivity contribution in [2.45, 2.75) is 53.4 Å². The third kappa shape index (κ3) is 4.37. The molecule has 0 fully saturated rings. The van der Waals surface area contributed by atoms with Crippen molar-refractivity contribution in [2.75, 3.05) is 12.0 Å². The molecular weight excluding hydrogens is 408 g/mol. The highest BCUT2D eigenvalue weighted by Crippen LogP contribution is 2.45. The number of rotatable bonds is 7. The molecule has 0 bridgehead atoms. The Kier molecular flexibility index (Phi) is 6.14. The normalized spacial score (nSPS) is 16.6. The van der Waals surface area contributed by atoms with Crippen LogP contribution in [0.4, 0.5) is 5.82 Å². The van der Waals surface area contributed by atoms with Crippen molar-refractivity contribution in [1.82, 2.24) is 9.97 Å². The van der Waals surface area contributed by atoms with E-state index in [0.29, 0.717) is 23.7 Å². The molecule has 2 aromatic heterocycles. The number of phenols is 1. The Balaban J connectivity index is 1.60. The van der Waals surface area contributed by atoms with Crippen LogP contribution in [0, 0.1) is 11.3 Å². The molecule has 0 amide bonds. The van der Waals surface area contributed by atoms with E-state index in [4.69, 9.17) is 4.74 Å². The van der Waals surface area contributed by atoms with Gasteiger partial charge in [0.1, 0.15) is 11.2 Å². The molecule has 3 aromatic rings. The number of hydrogen-bond acceptors (Lipinski definition) is 7. The third-order valence-electron chi connectivity index (χ3n) is 6.53. The molecule has 7 heteroatoms. The number of aryl methyl sites for hydroxylation is 1. The quantitative estimate of drug-likeness (QED) is 0.361.